The van der Waals surface area contributed by atoms with Crippen molar-refractivity contribution in [1.29, 1.82) is 0 Å². The molecule has 0 aromatic heterocycles. The van der Waals surface area contributed by atoms with Gasteiger partial charge in [0.1, 0.15) is 5.37 Å². The number of thiol groups is 1. The highest BCUT2D eigenvalue weighted by molar-refractivity contribution is 7.80. The van der Waals surface area contributed by atoms with Crippen molar-refractivity contribution >= 4 is 18.8 Å². The van der Waals surface area contributed by atoms with E-state index in [0.717, 1.165) is 6.42 Å². The normalized spacial score (nSPS) is 21.4. The van der Waals surface area contributed by atoms with Crippen molar-refractivity contribution in [3.63, 3.8) is 0 Å². The molecule has 2 heteroatoms. The monoisotopic (exact) mass is 163 g/mol. The van der Waals surface area contributed by atoms with Gasteiger partial charge >= 0.3 is 0 Å². The highest BCUT2D eigenvalue weighted by atomic mass is 32.1. The second-order valence-electron chi connectivity index (χ2n) is 2.61. The third-order valence-electron chi connectivity index (χ3n) is 1.89. The molecule has 0 saturated carbocycles. The molecule has 56 valence electrons. The summed E-state index contributed by atoms with van der Waals surface area (Å²) in [5.41, 5.74) is 2.60. The van der Waals surface area contributed by atoms with Crippen LogP contribution in [0.3, 0.4) is 0 Å². The van der Waals surface area contributed by atoms with Crippen LogP contribution in [0.1, 0.15) is 16.5 Å². The maximum atomic E-state index is 4.34. The Kier molecular flexibility index (Phi) is 1.70. The van der Waals surface area contributed by atoms with Crippen molar-refractivity contribution in [2.24, 2.45) is 4.99 Å². The van der Waals surface area contributed by atoms with Gasteiger partial charge in [0.15, 0.2) is 0 Å². The number of fused-ring (bicyclic) bond motifs is 1. The highest BCUT2D eigenvalue weighted by Crippen LogP contribution is 2.27. The van der Waals surface area contributed by atoms with Crippen LogP contribution >= 0.6 is 12.6 Å². The Morgan fingerprint density at radius 2 is 2.18 bits per heavy atom. The fourth-order valence-corrected chi connectivity index (χ4v) is 1.65. The Bertz CT molecular complexity index is 293. The summed E-state index contributed by atoms with van der Waals surface area (Å²) in [6.45, 7) is 0. The van der Waals surface area contributed by atoms with Gasteiger partial charge in [-0.05, 0) is 11.1 Å². The minimum atomic E-state index is 0.0555. The molecule has 1 heterocycles. The summed E-state index contributed by atoms with van der Waals surface area (Å²) in [4.78, 5) is 4.21. The molecule has 2 rings (SSSR count). The molecular weight excluding hydrogens is 154 g/mol. The van der Waals surface area contributed by atoms with E-state index in [1.807, 2.05) is 12.3 Å². The van der Waals surface area contributed by atoms with Crippen LogP contribution in [-0.2, 0) is 6.42 Å². The minimum Gasteiger partial charge on any atom is -0.278 e. The SMILES string of the molecule is SC1N=CCc2ccccc21. The molecule has 0 bridgehead atoms. The molecule has 0 radical (unpaired) electrons. The summed E-state index contributed by atoms with van der Waals surface area (Å²) < 4.78 is 0. The lowest BCUT2D eigenvalue weighted by atomic mass is 10.0. The van der Waals surface area contributed by atoms with Crippen molar-refractivity contribution < 1.29 is 0 Å². The van der Waals surface area contributed by atoms with E-state index in [1.165, 1.54) is 11.1 Å². The Morgan fingerprint density at radius 1 is 1.36 bits per heavy atom. The zero-order valence-corrected chi connectivity index (χ0v) is 6.96. The maximum Gasteiger partial charge on any atom is 0.117 e. The Balaban J connectivity index is 2.50. The van der Waals surface area contributed by atoms with Crippen LogP contribution in [0, 0.1) is 0 Å². The van der Waals surface area contributed by atoms with E-state index >= 15 is 0 Å². The van der Waals surface area contributed by atoms with E-state index in [0.29, 0.717) is 0 Å². The molecule has 0 fully saturated rings. The molecular formula is C9H9NS. The van der Waals surface area contributed by atoms with Crippen LogP contribution in [-0.4, -0.2) is 6.21 Å². The van der Waals surface area contributed by atoms with Gasteiger partial charge in [0.2, 0.25) is 0 Å². The molecule has 1 nitrogen and oxygen atoms in total. The fraction of sp³-hybridized carbons (Fsp3) is 0.222. The lowest BCUT2D eigenvalue weighted by Gasteiger charge is -2.14. The summed E-state index contributed by atoms with van der Waals surface area (Å²) in [7, 11) is 0. The van der Waals surface area contributed by atoms with Gasteiger partial charge in [-0.15, -0.1) is 12.6 Å². The molecule has 0 aliphatic carbocycles. The smallest absolute Gasteiger partial charge is 0.117 e. The predicted octanol–water partition coefficient (Wildman–Crippen LogP) is 2.24. The number of benzene rings is 1. The third-order valence-corrected chi connectivity index (χ3v) is 2.30. The van der Waals surface area contributed by atoms with Crippen LogP contribution in [0.25, 0.3) is 0 Å². The second kappa shape index (κ2) is 2.70. The Morgan fingerprint density at radius 3 is 3.00 bits per heavy atom. The van der Waals surface area contributed by atoms with Gasteiger partial charge in [-0.25, -0.2) is 0 Å². The van der Waals surface area contributed by atoms with Crippen molar-refractivity contribution in [3.8, 4) is 0 Å². The number of nitrogens with zero attached hydrogens (tertiary/aromatic N) is 1. The standard InChI is InChI=1S/C9H9NS/c11-9-8-4-2-1-3-7(8)5-6-10-9/h1-4,6,9,11H,5H2. The zero-order valence-electron chi connectivity index (χ0n) is 6.07. The number of hydrogen-bond acceptors (Lipinski definition) is 2. The summed E-state index contributed by atoms with van der Waals surface area (Å²) in [5.74, 6) is 0. The largest absolute Gasteiger partial charge is 0.278 e. The molecule has 1 aliphatic heterocycles. The van der Waals surface area contributed by atoms with Gasteiger partial charge in [0, 0.05) is 12.6 Å². The van der Waals surface area contributed by atoms with Gasteiger partial charge in [-0.3, -0.25) is 4.99 Å². The first-order valence-corrected chi connectivity index (χ1v) is 4.17. The lowest BCUT2D eigenvalue weighted by Crippen LogP contribution is -2.02. The van der Waals surface area contributed by atoms with Crippen molar-refractivity contribution in [1.82, 2.24) is 0 Å². The highest BCUT2D eigenvalue weighted by Gasteiger charge is 2.11. The average Bonchev–Trinajstić information content (AvgIpc) is 2.06. The molecule has 0 saturated heterocycles. The molecule has 1 atom stereocenters. The van der Waals surface area contributed by atoms with Gasteiger partial charge < -0.3 is 0 Å². The van der Waals surface area contributed by atoms with Crippen LogP contribution in [0.2, 0.25) is 0 Å². The first kappa shape index (κ1) is 6.92. The molecule has 0 N–H and O–H groups in total. The first-order valence-electron chi connectivity index (χ1n) is 3.65. The third kappa shape index (κ3) is 1.18. The maximum absolute atomic E-state index is 4.34. The topological polar surface area (TPSA) is 12.4 Å². The van der Waals surface area contributed by atoms with Crippen LogP contribution in [0.15, 0.2) is 29.3 Å². The molecule has 11 heavy (non-hydrogen) atoms. The van der Waals surface area contributed by atoms with Gasteiger partial charge in [0.25, 0.3) is 0 Å². The molecule has 1 aromatic carbocycles. The lowest BCUT2D eigenvalue weighted by molar-refractivity contribution is 0.984. The summed E-state index contributed by atoms with van der Waals surface area (Å²) >= 11 is 4.34. The number of aliphatic imine (C=N–C) groups is 1. The van der Waals surface area contributed by atoms with Gasteiger partial charge in [-0.1, -0.05) is 24.3 Å². The summed E-state index contributed by atoms with van der Waals surface area (Å²) in [6.07, 6.45) is 2.88. The molecule has 0 amide bonds. The second-order valence-corrected chi connectivity index (χ2v) is 3.10. The van der Waals surface area contributed by atoms with Gasteiger partial charge in [0.05, 0.1) is 0 Å². The first-order chi connectivity index (χ1) is 5.38. The minimum absolute atomic E-state index is 0.0555. The molecule has 1 aromatic rings. The predicted molar refractivity (Wildman–Crippen MR) is 50.4 cm³/mol. The van der Waals surface area contributed by atoms with E-state index in [-0.39, 0.29) is 5.37 Å². The molecule has 1 unspecified atom stereocenters. The quantitative estimate of drug-likeness (QED) is 0.563. The summed E-state index contributed by atoms with van der Waals surface area (Å²) in [5, 5.41) is 0.0555. The van der Waals surface area contributed by atoms with Crippen molar-refractivity contribution in [2.75, 3.05) is 0 Å². The summed E-state index contributed by atoms with van der Waals surface area (Å²) in [6, 6.07) is 8.30. The zero-order chi connectivity index (χ0) is 7.68. The number of hydrogen-bond donors (Lipinski definition) is 1. The van der Waals surface area contributed by atoms with E-state index in [4.69, 9.17) is 0 Å². The van der Waals surface area contributed by atoms with E-state index < -0.39 is 0 Å². The van der Waals surface area contributed by atoms with Gasteiger partial charge in [-0.2, -0.15) is 0 Å². The van der Waals surface area contributed by atoms with Crippen molar-refractivity contribution in [3.05, 3.63) is 35.4 Å². The molecule has 1 aliphatic rings. The van der Waals surface area contributed by atoms with E-state index in [2.05, 4.69) is 35.8 Å². The fourth-order valence-electron chi connectivity index (χ4n) is 1.30. The average molecular weight is 163 g/mol. The van der Waals surface area contributed by atoms with Crippen LogP contribution in [0.4, 0.5) is 0 Å². The Labute approximate surface area is 71.6 Å². The van der Waals surface area contributed by atoms with E-state index in [1.54, 1.807) is 0 Å². The molecule has 0 spiro atoms. The number of rotatable bonds is 0. The van der Waals surface area contributed by atoms with Crippen molar-refractivity contribution in [2.45, 2.75) is 11.8 Å². The Hall–Kier alpha value is -0.760. The van der Waals surface area contributed by atoms with Crippen LogP contribution < -0.4 is 0 Å². The van der Waals surface area contributed by atoms with Crippen LogP contribution in [0.5, 0.6) is 0 Å². The van der Waals surface area contributed by atoms with E-state index in [9.17, 15) is 0 Å².